The lowest BCUT2D eigenvalue weighted by Crippen LogP contribution is -2.35. The number of carboxylic acid groups (broad SMARTS) is 1. The molecule has 1 amide bonds. The maximum absolute atomic E-state index is 11.4. The van der Waals surface area contributed by atoms with Gasteiger partial charge in [-0.05, 0) is 24.3 Å². The third-order valence-corrected chi connectivity index (χ3v) is 2.90. The first-order valence-electron chi connectivity index (χ1n) is 5.57. The van der Waals surface area contributed by atoms with E-state index in [0.717, 1.165) is 5.69 Å². The summed E-state index contributed by atoms with van der Waals surface area (Å²) in [5.74, 6) is -0.217. The van der Waals surface area contributed by atoms with E-state index < -0.39 is 6.09 Å². The quantitative estimate of drug-likeness (QED) is 0.795. The Labute approximate surface area is 104 Å². The molecule has 1 saturated heterocycles. The van der Waals surface area contributed by atoms with Crippen LogP contribution in [0.2, 0.25) is 0 Å². The maximum Gasteiger partial charge on any atom is 0.409 e. The van der Waals surface area contributed by atoms with E-state index in [4.69, 9.17) is 9.84 Å². The van der Waals surface area contributed by atoms with Gasteiger partial charge in [-0.15, -0.1) is 0 Å². The highest BCUT2D eigenvalue weighted by Gasteiger charge is 2.30. The number of nitrogens with one attached hydrogen (secondary N) is 1. The number of esters is 1. The van der Waals surface area contributed by atoms with E-state index >= 15 is 0 Å². The number of nitrogens with zero attached hydrogens (tertiary/aromatic N) is 1. The van der Waals surface area contributed by atoms with Crippen LogP contribution in [0.15, 0.2) is 24.3 Å². The molecule has 6 nitrogen and oxygen atoms in total. The van der Waals surface area contributed by atoms with Gasteiger partial charge in [0.25, 0.3) is 0 Å². The molecule has 0 aromatic heterocycles. The molecule has 1 aromatic rings. The Bertz CT molecular complexity index is 458. The van der Waals surface area contributed by atoms with E-state index in [2.05, 4.69) is 5.32 Å². The number of carbonyl (C=O) groups excluding carboxylic acids is 1. The van der Waals surface area contributed by atoms with Crippen LogP contribution in [0.3, 0.4) is 0 Å². The first-order chi connectivity index (χ1) is 8.58. The highest BCUT2D eigenvalue weighted by atomic mass is 16.5. The molecule has 1 aromatic carbocycles. The van der Waals surface area contributed by atoms with Crippen molar-refractivity contribution in [1.29, 1.82) is 0 Å². The van der Waals surface area contributed by atoms with Gasteiger partial charge in [0.2, 0.25) is 0 Å². The third kappa shape index (κ3) is 2.53. The first-order valence-corrected chi connectivity index (χ1v) is 5.57. The number of hydrogen-bond donors (Lipinski definition) is 2. The molecule has 1 fully saturated rings. The van der Waals surface area contributed by atoms with Crippen molar-refractivity contribution < 1.29 is 19.4 Å². The molecule has 1 aliphatic rings. The largest absolute Gasteiger partial charge is 0.465 e. The third-order valence-electron chi connectivity index (χ3n) is 2.90. The summed E-state index contributed by atoms with van der Waals surface area (Å²) in [7, 11) is 1.82. The molecule has 0 aliphatic carbocycles. The zero-order chi connectivity index (χ0) is 13.1. The highest BCUT2D eigenvalue weighted by molar-refractivity contribution is 5.84. The SMILES string of the molecule is CN(c1ccc(NC(=O)O)cc1)C1CCOC1=O. The van der Waals surface area contributed by atoms with Gasteiger partial charge in [0, 0.05) is 24.8 Å². The van der Waals surface area contributed by atoms with E-state index in [1.807, 2.05) is 11.9 Å². The summed E-state index contributed by atoms with van der Waals surface area (Å²) in [4.78, 5) is 23.7. The molecule has 6 heteroatoms. The number of rotatable bonds is 3. The fourth-order valence-electron chi connectivity index (χ4n) is 1.92. The van der Waals surface area contributed by atoms with E-state index in [9.17, 15) is 9.59 Å². The van der Waals surface area contributed by atoms with Gasteiger partial charge in [-0.2, -0.15) is 0 Å². The summed E-state index contributed by atoms with van der Waals surface area (Å²) in [6.07, 6.45) is -0.430. The minimum Gasteiger partial charge on any atom is -0.465 e. The lowest BCUT2D eigenvalue weighted by atomic mass is 10.2. The fraction of sp³-hybridized carbons (Fsp3) is 0.333. The molecule has 0 bridgehead atoms. The second kappa shape index (κ2) is 4.95. The Morgan fingerprint density at radius 3 is 2.61 bits per heavy atom. The first kappa shape index (κ1) is 12.2. The molecular formula is C12H14N2O4. The van der Waals surface area contributed by atoms with Crippen LogP contribution in [0, 0.1) is 0 Å². The lowest BCUT2D eigenvalue weighted by molar-refractivity contribution is -0.139. The molecule has 2 rings (SSSR count). The van der Waals surface area contributed by atoms with E-state index in [0.29, 0.717) is 18.7 Å². The smallest absolute Gasteiger partial charge is 0.409 e. The predicted molar refractivity (Wildman–Crippen MR) is 65.9 cm³/mol. The number of cyclic esters (lactones) is 1. The van der Waals surface area contributed by atoms with Crippen molar-refractivity contribution in [2.75, 3.05) is 23.9 Å². The average Bonchev–Trinajstić information content (AvgIpc) is 2.75. The van der Waals surface area contributed by atoms with Gasteiger partial charge in [0.15, 0.2) is 0 Å². The fourth-order valence-corrected chi connectivity index (χ4v) is 1.92. The Hall–Kier alpha value is -2.24. The van der Waals surface area contributed by atoms with Gasteiger partial charge in [-0.25, -0.2) is 9.59 Å². The molecule has 96 valence electrons. The minimum absolute atomic E-state index is 0.217. The molecule has 1 atom stereocenters. The molecule has 0 saturated carbocycles. The number of carbonyl (C=O) groups is 2. The number of anilines is 2. The molecule has 18 heavy (non-hydrogen) atoms. The molecule has 1 unspecified atom stereocenters. The standard InChI is InChI=1S/C12H14N2O4/c1-14(10-6-7-18-11(10)15)9-4-2-8(3-5-9)13-12(16)17/h2-5,10,13H,6-7H2,1H3,(H,16,17). The second-order valence-corrected chi connectivity index (χ2v) is 4.06. The molecule has 1 heterocycles. The van der Waals surface area contributed by atoms with Crippen LogP contribution < -0.4 is 10.2 Å². The normalized spacial score (nSPS) is 18.3. The molecule has 0 spiro atoms. The molecule has 1 aliphatic heterocycles. The minimum atomic E-state index is -1.10. The summed E-state index contributed by atoms with van der Waals surface area (Å²) in [6, 6.07) is 6.57. The van der Waals surface area contributed by atoms with Crippen LogP contribution in [0.25, 0.3) is 0 Å². The summed E-state index contributed by atoms with van der Waals surface area (Å²) in [5, 5.41) is 10.8. The van der Waals surface area contributed by atoms with E-state index in [1.165, 1.54) is 0 Å². The average molecular weight is 250 g/mol. The summed E-state index contributed by atoms with van der Waals surface area (Å²) < 4.78 is 4.91. The Balaban J connectivity index is 2.09. The van der Waals surface area contributed by atoms with Crippen molar-refractivity contribution >= 4 is 23.4 Å². The van der Waals surface area contributed by atoms with Gasteiger partial charge in [-0.3, -0.25) is 5.32 Å². The number of likely N-dealkylation sites (N-methyl/N-ethyl adjacent to an activating group) is 1. The van der Waals surface area contributed by atoms with Crippen LogP contribution in [-0.2, 0) is 9.53 Å². The summed E-state index contributed by atoms with van der Waals surface area (Å²) in [5.41, 5.74) is 1.34. The van der Waals surface area contributed by atoms with Gasteiger partial charge >= 0.3 is 12.1 Å². The Kier molecular flexibility index (Phi) is 3.36. The van der Waals surface area contributed by atoms with Crippen molar-refractivity contribution in [2.45, 2.75) is 12.5 Å². The summed E-state index contributed by atoms with van der Waals surface area (Å²) in [6.45, 7) is 0.451. The number of ether oxygens (including phenoxy) is 1. The summed E-state index contributed by atoms with van der Waals surface area (Å²) >= 11 is 0. The van der Waals surface area contributed by atoms with Crippen molar-refractivity contribution in [2.24, 2.45) is 0 Å². The number of amides is 1. The second-order valence-electron chi connectivity index (χ2n) is 4.06. The van der Waals surface area contributed by atoms with E-state index in [1.54, 1.807) is 24.3 Å². The van der Waals surface area contributed by atoms with Crippen molar-refractivity contribution in [3.05, 3.63) is 24.3 Å². The Morgan fingerprint density at radius 2 is 2.11 bits per heavy atom. The monoisotopic (exact) mass is 250 g/mol. The number of benzene rings is 1. The van der Waals surface area contributed by atoms with Gasteiger partial charge in [-0.1, -0.05) is 0 Å². The van der Waals surface area contributed by atoms with Crippen LogP contribution in [0.1, 0.15) is 6.42 Å². The van der Waals surface area contributed by atoms with Crippen molar-refractivity contribution in [3.8, 4) is 0 Å². The highest BCUT2D eigenvalue weighted by Crippen LogP contribution is 2.22. The maximum atomic E-state index is 11.4. The zero-order valence-electron chi connectivity index (χ0n) is 9.92. The topological polar surface area (TPSA) is 78.9 Å². The molecular weight excluding hydrogens is 236 g/mol. The predicted octanol–water partition coefficient (Wildman–Crippen LogP) is 1.53. The van der Waals surface area contributed by atoms with Crippen molar-refractivity contribution in [1.82, 2.24) is 0 Å². The van der Waals surface area contributed by atoms with Gasteiger partial charge < -0.3 is 14.7 Å². The zero-order valence-corrected chi connectivity index (χ0v) is 9.92. The van der Waals surface area contributed by atoms with Crippen LogP contribution in [0.4, 0.5) is 16.2 Å². The molecule has 2 N–H and O–H groups in total. The van der Waals surface area contributed by atoms with Crippen LogP contribution in [0.5, 0.6) is 0 Å². The van der Waals surface area contributed by atoms with Gasteiger partial charge in [0.1, 0.15) is 6.04 Å². The van der Waals surface area contributed by atoms with Gasteiger partial charge in [0.05, 0.1) is 6.61 Å². The number of hydrogen-bond acceptors (Lipinski definition) is 4. The van der Waals surface area contributed by atoms with Crippen molar-refractivity contribution in [3.63, 3.8) is 0 Å². The van der Waals surface area contributed by atoms with Crippen LogP contribution in [-0.4, -0.2) is 36.9 Å². The van der Waals surface area contributed by atoms with E-state index in [-0.39, 0.29) is 12.0 Å². The van der Waals surface area contributed by atoms with Crippen LogP contribution >= 0.6 is 0 Å². The molecule has 0 radical (unpaired) electrons. The lowest BCUT2D eigenvalue weighted by Gasteiger charge is -2.23. The Morgan fingerprint density at radius 1 is 1.44 bits per heavy atom.